The summed E-state index contributed by atoms with van der Waals surface area (Å²) < 4.78 is 1.19. The summed E-state index contributed by atoms with van der Waals surface area (Å²) >= 11 is 2.29. The van der Waals surface area contributed by atoms with E-state index in [0.717, 1.165) is 31.7 Å². The molecular formula is C14H17IN2O. The van der Waals surface area contributed by atoms with Crippen molar-refractivity contribution in [2.75, 3.05) is 26.2 Å². The molecule has 0 aromatic heterocycles. The Hall–Kier alpha value is -0.620. The summed E-state index contributed by atoms with van der Waals surface area (Å²) in [5, 5.41) is 3.40. The molecule has 1 amide bonds. The van der Waals surface area contributed by atoms with E-state index in [9.17, 15) is 4.79 Å². The third kappa shape index (κ3) is 2.54. The van der Waals surface area contributed by atoms with E-state index >= 15 is 0 Å². The smallest absolute Gasteiger partial charge is 0.227 e. The van der Waals surface area contributed by atoms with Gasteiger partial charge >= 0.3 is 0 Å². The van der Waals surface area contributed by atoms with Crippen molar-refractivity contribution < 1.29 is 4.79 Å². The highest BCUT2D eigenvalue weighted by molar-refractivity contribution is 14.1. The minimum atomic E-state index is 0.284. The van der Waals surface area contributed by atoms with Crippen LogP contribution in [-0.2, 0) is 11.2 Å². The van der Waals surface area contributed by atoms with Gasteiger partial charge in [-0.15, -0.1) is 0 Å². The Morgan fingerprint density at radius 2 is 2.06 bits per heavy atom. The lowest BCUT2D eigenvalue weighted by Crippen LogP contribution is -2.32. The topological polar surface area (TPSA) is 32.3 Å². The maximum absolute atomic E-state index is 12.3. The molecule has 1 N–H and O–H groups in total. The quantitative estimate of drug-likeness (QED) is 0.815. The average molecular weight is 356 g/mol. The van der Waals surface area contributed by atoms with Crippen LogP contribution < -0.4 is 5.32 Å². The van der Waals surface area contributed by atoms with Gasteiger partial charge in [0.2, 0.25) is 5.91 Å². The normalized spacial score (nSPS) is 26.4. The van der Waals surface area contributed by atoms with Gasteiger partial charge in [0.15, 0.2) is 0 Å². The summed E-state index contributed by atoms with van der Waals surface area (Å²) in [5.41, 5.74) is 1.13. The standard InChI is InChI=1S/C14H17IN2O/c15-13-3-1-2-10(4-13)5-14(18)17-8-11-6-16-7-12(11)9-17/h1-4,11-12,16H,5-9H2/t11-,12+. The maximum atomic E-state index is 12.3. The molecular weight excluding hydrogens is 339 g/mol. The third-order valence-electron chi connectivity index (χ3n) is 3.99. The molecule has 0 aliphatic carbocycles. The van der Waals surface area contributed by atoms with Crippen molar-refractivity contribution in [3.63, 3.8) is 0 Å². The van der Waals surface area contributed by atoms with Crippen LogP contribution in [0.5, 0.6) is 0 Å². The lowest BCUT2D eigenvalue weighted by Gasteiger charge is -2.17. The Balaban J connectivity index is 1.62. The van der Waals surface area contributed by atoms with Gasteiger partial charge in [0.25, 0.3) is 0 Å². The molecule has 2 heterocycles. The number of carbonyl (C=O) groups is 1. The third-order valence-corrected chi connectivity index (χ3v) is 4.66. The molecule has 2 aliphatic rings. The Morgan fingerprint density at radius 3 is 2.72 bits per heavy atom. The van der Waals surface area contributed by atoms with Crippen LogP contribution in [0.15, 0.2) is 24.3 Å². The van der Waals surface area contributed by atoms with Gasteiger partial charge in [-0.25, -0.2) is 0 Å². The zero-order valence-corrected chi connectivity index (χ0v) is 12.4. The highest BCUT2D eigenvalue weighted by Gasteiger charge is 2.37. The van der Waals surface area contributed by atoms with Crippen LogP contribution in [0.4, 0.5) is 0 Å². The fraction of sp³-hybridized carbons (Fsp3) is 0.500. The zero-order valence-electron chi connectivity index (χ0n) is 10.2. The van der Waals surface area contributed by atoms with Crippen molar-refractivity contribution in [3.05, 3.63) is 33.4 Å². The first-order chi connectivity index (χ1) is 8.72. The number of hydrogen-bond donors (Lipinski definition) is 1. The van der Waals surface area contributed by atoms with Crippen LogP contribution in [-0.4, -0.2) is 37.0 Å². The van der Waals surface area contributed by atoms with E-state index in [2.05, 4.69) is 44.9 Å². The van der Waals surface area contributed by atoms with Gasteiger partial charge in [0.05, 0.1) is 6.42 Å². The number of fused-ring (bicyclic) bond motifs is 1. The maximum Gasteiger partial charge on any atom is 0.227 e. The van der Waals surface area contributed by atoms with E-state index in [1.54, 1.807) is 0 Å². The number of nitrogens with zero attached hydrogens (tertiary/aromatic N) is 1. The van der Waals surface area contributed by atoms with Gasteiger partial charge in [-0.1, -0.05) is 12.1 Å². The van der Waals surface area contributed by atoms with Gasteiger partial charge in [-0.3, -0.25) is 4.79 Å². The molecule has 0 saturated carbocycles. The number of amides is 1. The predicted octanol–water partition coefficient (Wildman–Crippen LogP) is 1.51. The van der Waals surface area contributed by atoms with Crippen LogP contribution in [0, 0.1) is 15.4 Å². The lowest BCUT2D eigenvalue weighted by atomic mass is 10.0. The number of carbonyl (C=O) groups excluding carboxylic acids is 1. The number of hydrogen-bond acceptors (Lipinski definition) is 2. The highest BCUT2D eigenvalue weighted by atomic mass is 127. The van der Waals surface area contributed by atoms with Crippen LogP contribution >= 0.6 is 22.6 Å². The highest BCUT2D eigenvalue weighted by Crippen LogP contribution is 2.26. The predicted molar refractivity (Wildman–Crippen MR) is 79.3 cm³/mol. The molecule has 0 unspecified atom stereocenters. The summed E-state index contributed by atoms with van der Waals surface area (Å²) in [4.78, 5) is 14.3. The van der Waals surface area contributed by atoms with Gasteiger partial charge in [-0.2, -0.15) is 0 Å². The van der Waals surface area contributed by atoms with Gasteiger partial charge < -0.3 is 10.2 Å². The SMILES string of the molecule is O=C(Cc1cccc(I)c1)N1C[C@H]2CNC[C@H]2C1. The molecule has 96 valence electrons. The Kier molecular flexibility index (Phi) is 3.56. The van der Waals surface area contributed by atoms with Gasteiger partial charge in [0.1, 0.15) is 0 Å². The van der Waals surface area contributed by atoms with Crippen LogP contribution in [0.2, 0.25) is 0 Å². The first-order valence-corrected chi connectivity index (χ1v) is 7.53. The molecule has 1 aromatic rings. The van der Waals surface area contributed by atoms with E-state index < -0.39 is 0 Å². The first kappa shape index (κ1) is 12.4. The molecule has 18 heavy (non-hydrogen) atoms. The largest absolute Gasteiger partial charge is 0.342 e. The second-order valence-corrected chi connectivity index (χ2v) is 6.53. The molecule has 2 aliphatic heterocycles. The van der Waals surface area contributed by atoms with Crippen molar-refractivity contribution in [2.45, 2.75) is 6.42 Å². The van der Waals surface area contributed by atoms with E-state index in [1.165, 1.54) is 3.57 Å². The van der Waals surface area contributed by atoms with Gasteiger partial charge in [0, 0.05) is 29.7 Å². The molecule has 3 nitrogen and oxygen atoms in total. The number of halogens is 1. The monoisotopic (exact) mass is 356 g/mol. The summed E-state index contributed by atoms with van der Waals surface area (Å²) in [6, 6.07) is 8.21. The van der Waals surface area contributed by atoms with Crippen molar-refractivity contribution in [2.24, 2.45) is 11.8 Å². The summed E-state index contributed by atoms with van der Waals surface area (Å²) in [6.45, 7) is 4.05. The van der Waals surface area contributed by atoms with Crippen LogP contribution in [0.25, 0.3) is 0 Å². The molecule has 3 rings (SSSR count). The fourth-order valence-corrected chi connectivity index (χ4v) is 3.60. The van der Waals surface area contributed by atoms with Crippen molar-refractivity contribution in [1.29, 1.82) is 0 Å². The van der Waals surface area contributed by atoms with Crippen LogP contribution in [0.3, 0.4) is 0 Å². The molecule has 1 aromatic carbocycles. The molecule has 0 spiro atoms. The minimum absolute atomic E-state index is 0.284. The van der Waals surface area contributed by atoms with Crippen molar-refractivity contribution in [3.8, 4) is 0 Å². The number of rotatable bonds is 2. The summed E-state index contributed by atoms with van der Waals surface area (Å²) in [5.74, 6) is 1.65. The first-order valence-electron chi connectivity index (χ1n) is 6.45. The minimum Gasteiger partial charge on any atom is -0.342 e. The number of nitrogens with one attached hydrogen (secondary N) is 1. The molecule has 2 saturated heterocycles. The van der Waals surface area contributed by atoms with E-state index in [0.29, 0.717) is 18.3 Å². The molecule has 0 bridgehead atoms. The molecule has 2 fully saturated rings. The van der Waals surface area contributed by atoms with Crippen LogP contribution in [0.1, 0.15) is 5.56 Å². The van der Waals surface area contributed by atoms with Gasteiger partial charge in [-0.05, 0) is 52.1 Å². The average Bonchev–Trinajstić information content (AvgIpc) is 2.88. The van der Waals surface area contributed by atoms with E-state index in [-0.39, 0.29) is 5.91 Å². The van der Waals surface area contributed by atoms with E-state index in [1.807, 2.05) is 12.1 Å². The summed E-state index contributed by atoms with van der Waals surface area (Å²) in [7, 11) is 0. The number of benzene rings is 1. The molecule has 4 heteroatoms. The molecule has 2 atom stereocenters. The second-order valence-electron chi connectivity index (χ2n) is 5.28. The Bertz CT molecular complexity index is 451. The van der Waals surface area contributed by atoms with Crippen molar-refractivity contribution >= 4 is 28.5 Å². The second kappa shape index (κ2) is 5.17. The lowest BCUT2D eigenvalue weighted by molar-refractivity contribution is -0.129. The molecule has 0 radical (unpaired) electrons. The van der Waals surface area contributed by atoms with Crippen molar-refractivity contribution in [1.82, 2.24) is 10.2 Å². The fourth-order valence-electron chi connectivity index (χ4n) is 2.99. The Morgan fingerprint density at radius 1 is 1.33 bits per heavy atom. The zero-order chi connectivity index (χ0) is 12.5. The Labute approximate surface area is 121 Å². The number of likely N-dealkylation sites (tertiary alicyclic amines) is 1. The summed E-state index contributed by atoms with van der Waals surface area (Å²) in [6.07, 6.45) is 0.545. The van der Waals surface area contributed by atoms with E-state index in [4.69, 9.17) is 0 Å².